The van der Waals surface area contributed by atoms with Gasteiger partial charge in [-0.1, -0.05) is 58.0 Å². The summed E-state index contributed by atoms with van der Waals surface area (Å²) in [7, 11) is -3.53. The zero-order valence-electron chi connectivity index (χ0n) is 14.6. The molecule has 0 heterocycles. The number of hydrogen-bond acceptors (Lipinski definition) is 3. The molecule has 1 aromatic rings. The van der Waals surface area contributed by atoms with Crippen LogP contribution in [-0.4, -0.2) is 20.2 Å². The Kier molecular flexibility index (Phi) is 7.92. The minimum absolute atomic E-state index is 0.0102. The number of carbonyl (C=O) groups is 1. The molecule has 0 saturated heterocycles. The molecule has 1 atom stereocenters. The van der Waals surface area contributed by atoms with Crippen LogP contribution in [0.15, 0.2) is 30.3 Å². The first-order chi connectivity index (χ1) is 10.7. The number of hydrogen-bond donors (Lipinski definition) is 1. The smallest absolute Gasteiger partial charge is 0.216 e. The number of carbonyl (C=O) groups excluding carboxylic acids is 1. The van der Waals surface area contributed by atoms with Gasteiger partial charge in [-0.2, -0.15) is 0 Å². The van der Waals surface area contributed by atoms with Crippen molar-refractivity contribution in [3.63, 3.8) is 0 Å². The van der Waals surface area contributed by atoms with E-state index in [1.54, 1.807) is 12.1 Å². The molecule has 5 heteroatoms. The van der Waals surface area contributed by atoms with Gasteiger partial charge < -0.3 is 0 Å². The van der Waals surface area contributed by atoms with Crippen molar-refractivity contribution < 1.29 is 13.2 Å². The number of benzene rings is 1. The van der Waals surface area contributed by atoms with E-state index < -0.39 is 16.1 Å². The average molecular weight is 340 g/mol. The SMILES string of the molecule is CC(C)CCC(=O)[C@H](CC(C)C)NS(=O)(=O)Cc1ccccc1. The topological polar surface area (TPSA) is 63.2 Å². The van der Waals surface area contributed by atoms with Crippen molar-refractivity contribution in [3.8, 4) is 0 Å². The van der Waals surface area contributed by atoms with Gasteiger partial charge in [0.1, 0.15) is 0 Å². The Morgan fingerprint density at radius 1 is 1.04 bits per heavy atom. The Balaban J connectivity index is 2.76. The summed E-state index contributed by atoms with van der Waals surface area (Å²) in [5.74, 6) is 0.575. The molecule has 0 spiro atoms. The quantitative estimate of drug-likeness (QED) is 0.709. The molecule has 23 heavy (non-hydrogen) atoms. The van der Waals surface area contributed by atoms with Crippen LogP contribution in [0.5, 0.6) is 0 Å². The highest BCUT2D eigenvalue weighted by atomic mass is 32.2. The van der Waals surface area contributed by atoms with E-state index in [2.05, 4.69) is 18.6 Å². The van der Waals surface area contributed by atoms with Crippen molar-refractivity contribution in [3.05, 3.63) is 35.9 Å². The molecule has 1 aromatic carbocycles. The first kappa shape index (κ1) is 19.8. The van der Waals surface area contributed by atoms with Gasteiger partial charge in [0.15, 0.2) is 5.78 Å². The molecule has 0 radical (unpaired) electrons. The van der Waals surface area contributed by atoms with Crippen LogP contribution >= 0.6 is 0 Å². The lowest BCUT2D eigenvalue weighted by molar-refractivity contribution is -0.121. The molecule has 0 unspecified atom stereocenters. The lowest BCUT2D eigenvalue weighted by Gasteiger charge is -2.20. The van der Waals surface area contributed by atoms with Crippen molar-refractivity contribution in [2.24, 2.45) is 11.8 Å². The van der Waals surface area contributed by atoms with E-state index in [9.17, 15) is 13.2 Å². The van der Waals surface area contributed by atoms with Gasteiger partial charge in [0, 0.05) is 6.42 Å². The van der Waals surface area contributed by atoms with Crippen LogP contribution in [-0.2, 0) is 20.6 Å². The molecular weight excluding hydrogens is 310 g/mol. The Morgan fingerprint density at radius 2 is 1.65 bits per heavy atom. The summed E-state index contributed by atoms with van der Waals surface area (Å²) < 4.78 is 27.4. The standard InChI is InChI=1S/C18H29NO3S/c1-14(2)10-11-18(20)17(12-15(3)4)19-23(21,22)13-16-8-6-5-7-9-16/h5-9,14-15,17,19H,10-13H2,1-4H3/t17-/m0/s1. The van der Waals surface area contributed by atoms with E-state index in [4.69, 9.17) is 0 Å². The predicted octanol–water partition coefficient (Wildman–Crippen LogP) is 3.53. The fourth-order valence-corrected chi connectivity index (χ4v) is 3.75. The predicted molar refractivity (Wildman–Crippen MR) is 94.5 cm³/mol. The monoisotopic (exact) mass is 339 g/mol. The first-order valence-electron chi connectivity index (χ1n) is 8.26. The maximum Gasteiger partial charge on any atom is 0.216 e. The largest absolute Gasteiger partial charge is 0.298 e. The minimum Gasteiger partial charge on any atom is -0.298 e. The number of rotatable bonds is 10. The second-order valence-corrected chi connectivity index (χ2v) is 8.70. The number of ketones is 1. The van der Waals surface area contributed by atoms with Crippen LogP contribution in [0.25, 0.3) is 0 Å². The van der Waals surface area contributed by atoms with Crippen LogP contribution in [0.2, 0.25) is 0 Å². The lowest BCUT2D eigenvalue weighted by atomic mass is 9.96. The molecule has 0 aliphatic rings. The average Bonchev–Trinajstić information content (AvgIpc) is 2.43. The number of sulfonamides is 1. The molecular formula is C18H29NO3S. The highest BCUT2D eigenvalue weighted by Gasteiger charge is 2.25. The van der Waals surface area contributed by atoms with Crippen LogP contribution < -0.4 is 4.72 Å². The van der Waals surface area contributed by atoms with E-state index in [1.165, 1.54) is 0 Å². The van der Waals surface area contributed by atoms with Crippen LogP contribution in [0.1, 0.15) is 52.5 Å². The summed E-state index contributed by atoms with van der Waals surface area (Å²) in [5, 5.41) is 0. The van der Waals surface area contributed by atoms with Gasteiger partial charge >= 0.3 is 0 Å². The molecule has 0 aromatic heterocycles. The fraction of sp³-hybridized carbons (Fsp3) is 0.611. The summed E-state index contributed by atoms with van der Waals surface area (Å²) in [6, 6.07) is 8.39. The third-order valence-electron chi connectivity index (χ3n) is 3.59. The normalized spacial score (nSPS) is 13.5. The van der Waals surface area contributed by atoms with E-state index in [0.29, 0.717) is 18.8 Å². The third-order valence-corrected chi connectivity index (χ3v) is 4.94. The second-order valence-electron chi connectivity index (χ2n) is 6.94. The van der Waals surface area contributed by atoms with Gasteiger partial charge in [0.05, 0.1) is 11.8 Å². The second kappa shape index (κ2) is 9.18. The minimum atomic E-state index is -3.53. The summed E-state index contributed by atoms with van der Waals surface area (Å²) in [6.45, 7) is 8.11. The number of nitrogens with one attached hydrogen (secondary N) is 1. The molecule has 0 fully saturated rings. The summed E-state index contributed by atoms with van der Waals surface area (Å²) in [5.41, 5.74) is 0.720. The molecule has 0 amide bonds. The Morgan fingerprint density at radius 3 is 2.17 bits per heavy atom. The molecule has 1 N–H and O–H groups in total. The van der Waals surface area contributed by atoms with Crippen molar-refractivity contribution in [2.75, 3.05) is 0 Å². The van der Waals surface area contributed by atoms with Crippen LogP contribution in [0.3, 0.4) is 0 Å². The zero-order chi connectivity index (χ0) is 17.5. The van der Waals surface area contributed by atoms with Gasteiger partial charge in [0.2, 0.25) is 10.0 Å². The van der Waals surface area contributed by atoms with E-state index >= 15 is 0 Å². The summed E-state index contributed by atoms with van der Waals surface area (Å²) >= 11 is 0. The Hall–Kier alpha value is -1.20. The summed E-state index contributed by atoms with van der Waals surface area (Å²) in [4.78, 5) is 12.4. The molecule has 130 valence electrons. The number of Topliss-reactive ketones (excluding diaryl/α,β-unsaturated/α-hetero) is 1. The van der Waals surface area contributed by atoms with E-state index in [0.717, 1.165) is 12.0 Å². The molecule has 0 aliphatic carbocycles. The maximum absolute atomic E-state index is 12.4. The zero-order valence-corrected chi connectivity index (χ0v) is 15.4. The lowest BCUT2D eigenvalue weighted by Crippen LogP contribution is -2.42. The van der Waals surface area contributed by atoms with Gasteiger partial charge in [-0.05, 0) is 30.2 Å². The molecule has 1 rings (SSSR count). The van der Waals surface area contributed by atoms with Crippen LogP contribution in [0, 0.1) is 11.8 Å². The first-order valence-corrected chi connectivity index (χ1v) is 9.91. The van der Waals surface area contributed by atoms with Gasteiger partial charge in [-0.25, -0.2) is 13.1 Å². The third kappa shape index (κ3) is 8.28. The van der Waals surface area contributed by atoms with Crippen molar-refractivity contribution in [1.29, 1.82) is 0 Å². The van der Waals surface area contributed by atoms with E-state index in [-0.39, 0.29) is 17.5 Å². The van der Waals surface area contributed by atoms with Gasteiger partial charge in [-0.3, -0.25) is 4.79 Å². The van der Waals surface area contributed by atoms with Crippen LogP contribution in [0.4, 0.5) is 0 Å². The van der Waals surface area contributed by atoms with Gasteiger partial charge in [-0.15, -0.1) is 0 Å². The molecule has 4 nitrogen and oxygen atoms in total. The van der Waals surface area contributed by atoms with Crippen molar-refractivity contribution in [2.45, 2.75) is 58.8 Å². The van der Waals surface area contributed by atoms with E-state index in [1.807, 2.05) is 32.0 Å². The van der Waals surface area contributed by atoms with Gasteiger partial charge in [0.25, 0.3) is 0 Å². The molecule has 0 saturated carbocycles. The molecule has 0 bridgehead atoms. The highest BCUT2D eigenvalue weighted by molar-refractivity contribution is 7.88. The summed E-state index contributed by atoms with van der Waals surface area (Å²) in [6.07, 6.45) is 1.74. The highest BCUT2D eigenvalue weighted by Crippen LogP contribution is 2.14. The van der Waals surface area contributed by atoms with Crippen molar-refractivity contribution in [1.82, 2.24) is 4.72 Å². The maximum atomic E-state index is 12.4. The Labute approximate surface area is 140 Å². The molecule has 0 aliphatic heterocycles. The Bertz CT molecular complexity index is 580. The fourth-order valence-electron chi connectivity index (χ4n) is 2.37. The van der Waals surface area contributed by atoms with Crippen molar-refractivity contribution >= 4 is 15.8 Å².